The minimum atomic E-state index is -0.312. The molecule has 2 N–H and O–H groups in total. The zero-order chi connectivity index (χ0) is 11.5. The summed E-state index contributed by atoms with van der Waals surface area (Å²) in [7, 11) is 0. The van der Waals surface area contributed by atoms with E-state index in [2.05, 4.69) is 11.9 Å². The number of rotatable bonds is 4. The number of hydrogen-bond donors (Lipinski definition) is 1. The van der Waals surface area contributed by atoms with Gasteiger partial charge in [-0.3, -0.25) is 0 Å². The summed E-state index contributed by atoms with van der Waals surface area (Å²) in [6, 6.07) is 4.39. The first kappa shape index (κ1) is 11.1. The second kappa shape index (κ2) is 4.61. The largest absolute Gasteiger partial charge is 0.441 e. The molecule has 0 aliphatic heterocycles. The third kappa shape index (κ3) is 2.39. The first-order valence-corrected chi connectivity index (χ1v) is 5.49. The van der Waals surface area contributed by atoms with Gasteiger partial charge in [-0.1, -0.05) is 13.3 Å². The van der Waals surface area contributed by atoms with E-state index in [-0.39, 0.29) is 11.9 Å². The van der Waals surface area contributed by atoms with Crippen molar-refractivity contribution >= 4 is 11.1 Å². The van der Waals surface area contributed by atoms with Gasteiger partial charge in [-0.25, -0.2) is 9.37 Å². The van der Waals surface area contributed by atoms with Crippen LogP contribution in [0.15, 0.2) is 22.6 Å². The van der Waals surface area contributed by atoms with E-state index in [1.807, 2.05) is 0 Å². The fraction of sp³-hybridized carbons (Fsp3) is 0.417. The Morgan fingerprint density at radius 2 is 2.31 bits per heavy atom. The van der Waals surface area contributed by atoms with Gasteiger partial charge in [0.2, 0.25) is 0 Å². The fourth-order valence-electron chi connectivity index (χ4n) is 1.73. The molecule has 1 atom stereocenters. The van der Waals surface area contributed by atoms with E-state index in [9.17, 15) is 4.39 Å². The molecule has 1 unspecified atom stereocenters. The maximum absolute atomic E-state index is 12.9. The van der Waals surface area contributed by atoms with Crippen molar-refractivity contribution in [2.24, 2.45) is 5.73 Å². The molecule has 0 aliphatic carbocycles. The lowest BCUT2D eigenvalue weighted by molar-refractivity contribution is 0.480. The maximum atomic E-state index is 12.9. The lowest BCUT2D eigenvalue weighted by Gasteiger charge is -2.05. The third-order valence-electron chi connectivity index (χ3n) is 2.49. The van der Waals surface area contributed by atoms with E-state index in [0.717, 1.165) is 12.8 Å². The highest BCUT2D eigenvalue weighted by molar-refractivity contribution is 5.72. The summed E-state index contributed by atoms with van der Waals surface area (Å²) in [5, 5.41) is 0. The summed E-state index contributed by atoms with van der Waals surface area (Å²) in [5.41, 5.74) is 7.06. The summed E-state index contributed by atoms with van der Waals surface area (Å²) in [6.07, 6.45) is 2.58. The van der Waals surface area contributed by atoms with Gasteiger partial charge >= 0.3 is 0 Å². The molecule has 0 aliphatic rings. The topological polar surface area (TPSA) is 52.0 Å². The molecule has 0 bridgehead atoms. The molecule has 2 rings (SSSR count). The molecule has 1 heterocycles. The van der Waals surface area contributed by atoms with Gasteiger partial charge in [-0.05, 0) is 18.6 Å². The maximum Gasteiger partial charge on any atom is 0.197 e. The summed E-state index contributed by atoms with van der Waals surface area (Å²) in [6.45, 7) is 2.08. The highest BCUT2D eigenvalue weighted by Gasteiger charge is 2.10. The first-order chi connectivity index (χ1) is 7.69. The van der Waals surface area contributed by atoms with Crippen molar-refractivity contribution in [2.75, 3.05) is 0 Å². The van der Waals surface area contributed by atoms with Crippen molar-refractivity contribution in [1.29, 1.82) is 0 Å². The van der Waals surface area contributed by atoms with Crippen LogP contribution in [0.4, 0.5) is 4.39 Å². The fourth-order valence-corrected chi connectivity index (χ4v) is 1.73. The van der Waals surface area contributed by atoms with Crippen molar-refractivity contribution in [3.63, 3.8) is 0 Å². The van der Waals surface area contributed by atoms with Gasteiger partial charge in [0, 0.05) is 18.5 Å². The van der Waals surface area contributed by atoms with Crippen molar-refractivity contribution in [3.8, 4) is 0 Å². The highest BCUT2D eigenvalue weighted by atomic mass is 19.1. The molecular weight excluding hydrogens is 207 g/mol. The minimum Gasteiger partial charge on any atom is -0.441 e. The van der Waals surface area contributed by atoms with E-state index in [1.54, 1.807) is 6.07 Å². The molecule has 0 radical (unpaired) electrons. The van der Waals surface area contributed by atoms with E-state index in [0.29, 0.717) is 23.4 Å². The number of aromatic nitrogens is 1. The van der Waals surface area contributed by atoms with Crippen molar-refractivity contribution in [2.45, 2.75) is 32.2 Å². The van der Waals surface area contributed by atoms with Crippen LogP contribution in [-0.2, 0) is 6.42 Å². The van der Waals surface area contributed by atoms with Gasteiger partial charge in [-0.15, -0.1) is 0 Å². The number of nitrogens with two attached hydrogens (primary N) is 1. The molecule has 0 saturated heterocycles. The van der Waals surface area contributed by atoms with Gasteiger partial charge in [0.25, 0.3) is 0 Å². The van der Waals surface area contributed by atoms with Crippen LogP contribution in [-0.4, -0.2) is 11.0 Å². The quantitative estimate of drug-likeness (QED) is 0.865. The number of oxazole rings is 1. The Kier molecular flexibility index (Phi) is 3.19. The summed E-state index contributed by atoms with van der Waals surface area (Å²) >= 11 is 0. The molecule has 3 nitrogen and oxygen atoms in total. The molecule has 1 aromatic heterocycles. The van der Waals surface area contributed by atoms with Gasteiger partial charge in [0.15, 0.2) is 11.5 Å². The Morgan fingerprint density at radius 1 is 1.50 bits per heavy atom. The minimum absolute atomic E-state index is 0.0582. The van der Waals surface area contributed by atoms with Crippen LogP contribution in [0.1, 0.15) is 25.7 Å². The smallest absolute Gasteiger partial charge is 0.197 e. The van der Waals surface area contributed by atoms with Crippen LogP contribution in [0, 0.1) is 5.82 Å². The lowest BCUT2D eigenvalue weighted by atomic mass is 10.1. The van der Waals surface area contributed by atoms with Gasteiger partial charge in [0.05, 0.1) is 0 Å². The van der Waals surface area contributed by atoms with Gasteiger partial charge < -0.3 is 10.2 Å². The molecule has 0 fully saturated rings. The average Bonchev–Trinajstić information content (AvgIpc) is 2.59. The molecule has 16 heavy (non-hydrogen) atoms. The SMILES string of the molecule is CCCC(N)Cc1nc2ccc(F)cc2o1. The molecule has 0 saturated carbocycles. The summed E-state index contributed by atoms with van der Waals surface area (Å²) in [5.74, 6) is 0.273. The van der Waals surface area contributed by atoms with Crippen LogP contribution >= 0.6 is 0 Å². The standard InChI is InChI=1S/C12H15FN2O/c1-2-3-9(14)7-12-15-10-5-4-8(13)6-11(10)16-12/h4-6,9H,2-3,7,14H2,1H3. The molecule has 86 valence electrons. The van der Waals surface area contributed by atoms with Crippen molar-refractivity contribution in [3.05, 3.63) is 29.9 Å². The van der Waals surface area contributed by atoms with Crippen LogP contribution in [0.25, 0.3) is 11.1 Å². The Bertz CT molecular complexity index is 481. The van der Waals surface area contributed by atoms with Crippen LogP contribution < -0.4 is 5.73 Å². The van der Waals surface area contributed by atoms with Crippen LogP contribution in [0.2, 0.25) is 0 Å². The molecule has 4 heteroatoms. The molecule has 0 spiro atoms. The third-order valence-corrected chi connectivity index (χ3v) is 2.49. The zero-order valence-corrected chi connectivity index (χ0v) is 9.24. The zero-order valence-electron chi connectivity index (χ0n) is 9.24. The predicted octanol–water partition coefficient (Wildman–Crippen LogP) is 2.64. The summed E-state index contributed by atoms with van der Waals surface area (Å²) in [4.78, 5) is 4.26. The van der Waals surface area contributed by atoms with E-state index < -0.39 is 0 Å². The van der Waals surface area contributed by atoms with Crippen molar-refractivity contribution in [1.82, 2.24) is 4.98 Å². The number of fused-ring (bicyclic) bond motifs is 1. The second-order valence-corrected chi connectivity index (χ2v) is 3.97. The van der Waals surface area contributed by atoms with E-state index in [1.165, 1.54) is 12.1 Å². The van der Waals surface area contributed by atoms with E-state index in [4.69, 9.17) is 10.2 Å². The Hall–Kier alpha value is -1.42. The van der Waals surface area contributed by atoms with Crippen molar-refractivity contribution < 1.29 is 8.81 Å². The van der Waals surface area contributed by atoms with E-state index >= 15 is 0 Å². The Morgan fingerprint density at radius 3 is 3.06 bits per heavy atom. The molecule has 1 aromatic carbocycles. The first-order valence-electron chi connectivity index (χ1n) is 5.49. The number of benzene rings is 1. The lowest BCUT2D eigenvalue weighted by Crippen LogP contribution is -2.22. The highest BCUT2D eigenvalue weighted by Crippen LogP contribution is 2.17. The normalized spacial score (nSPS) is 13.2. The molecular formula is C12H15FN2O. The summed E-state index contributed by atoms with van der Waals surface area (Å²) < 4.78 is 18.4. The van der Waals surface area contributed by atoms with Gasteiger partial charge in [-0.2, -0.15) is 0 Å². The Labute approximate surface area is 93.5 Å². The predicted molar refractivity (Wildman–Crippen MR) is 60.6 cm³/mol. The van der Waals surface area contributed by atoms with Crippen LogP contribution in [0.3, 0.4) is 0 Å². The monoisotopic (exact) mass is 222 g/mol. The number of hydrogen-bond acceptors (Lipinski definition) is 3. The number of halogens is 1. The van der Waals surface area contributed by atoms with Gasteiger partial charge in [0.1, 0.15) is 11.3 Å². The molecule has 2 aromatic rings. The second-order valence-electron chi connectivity index (χ2n) is 3.97. The Balaban J connectivity index is 2.19. The number of nitrogens with zero attached hydrogens (tertiary/aromatic N) is 1. The average molecular weight is 222 g/mol. The molecule has 0 amide bonds. The van der Waals surface area contributed by atoms with Crippen LogP contribution in [0.5, 0.6) is 0 Å².